The van der Waals surface area contributed by atoms with Crippen molar-refractivity contribution in [1.29, 1.82) is 0 Å². The Morgan fingerprint density at radius 3 is 2.71 bits per heavy atom. The maximum absolute atomic E-state index is 13.4. The van der Waals surface area contributed by atoms with E-state index in [2.05, 4.69) is 33.3 Å². The van der Waals surface area contributed by atoms with Crippen molar-refractivity contribution >= 4 is 22.8 Å². The number of amides is 2. The topological polar surface area (TPSA) is 100 Å². The molecule has 2 aliphatic rings. The van der Waals surface area contributed by atoms with Gasteiger partial charge in [-0.15, -0.1) is 0 Å². The second-order valence-corrected chi connectivity index (χ2v) is 9.81. The van der Waals surface area contributed by atoms with E-state index in [-0.39, 0.29) is 23.8 Å². The Labute approximate surface area is 199 Å². The molecule has 2 atom stereocenters. The van der Waals surface area contributed by atoms with Gasteiger partial charge in [0.2, 0.25) is 5.91 Å². The summed E-state index contributed by atoms with van der Waals surface area (Å²) in [6.07, 6.45) is 3.94. The Kier molecular flexibility index (Phi) is 5.75. The molecule has 34 heavy (non-hydrogen) atoms. The van der Waals surface area contributed by atoms with Crippen LogP contribution in [0.2, 0.25) is 0 Å². The molecule has 8 nitrogen and oxygen atoms in total. The van der Waals surface area contributed by atoms with Crippen LogP contribution in [0.25, 0.3) is 22.3 Å². The molecule has 3 aromatic rings. The maximum atomic E-state index is 13.4. The van der Waals surface area contributed by atoms with Crippen molar-refractivity contribution in [3.8, 4) is 17.0 Å². The zero-order valence-electron chi connectivity index (χ0n) is 20.1. The molecular formula is C26H31N5O3. The predicted octanol–water partition coefficient (Wildman–Crippen LogP) is 3.63. The highest BCUT2D eigenvalue weighted by molar-refractivity contribution is 6.09. The lowest BCUT2D eigenvalue weighted by Gasteiger charge is -2.16. The van der Waals surface area contributed by atoms with Crippen LogP contribution >= 0.6 is 0 Å². The van der Waals surface area contributed by atoms with Crippen molar-refractivity contribution in [2.75, 3.05) is 19.7 Å². The van der Waals surface area contributed by atoms with Crippen LogP contribution in [0.4, 0.5) is 0 Å². The number of H-pyrrole nitrogens is 1. The summed E-state index contributed by atoms with van der Waals surface area (Å²) in [5.74, 6) is 1.45. The molecule has 3 heterocycles. The number of aryl methyl sites for hydroxylation is 2. The van der Waals surface area contributed by atoms with Crippen molar-refractivity contribution in [2.45, 2.75) is 46.6 Å². The average Bonchev–Trinajstić information content (AvgIpc) is 3.46. The standard InChI is InChI=1S/C26H31N5O3/c1-14-5-8-21(34-12-18-6-7-18)19(9-14)23-25-24(28-13-27-23)22(16(3)29-25)26(33)30-20-11-31(17(4)32)10-15(20)2/h5,8-9,13,15,18,20,29H,6-7,10-12H2,1-4H3,(H,30,33). The number of nitrogens with zero attached hydrogens (tertiary/aromatic N) is 3. The molecule has 2 N–H and O–H groups in total. The first-order valence-electron chi connectivity index (χ1n) is 11.9. The largest absolute Gasteiger partial charge is 0.493 e. The fourth-order valence-electron chi connectivity index (χ4n) is 4.70. The molecule has 0 bridgehead atoms. The second-order valence-electron chi connectivity index (χ2n) is 9.81. The van der Waals surface area contributed by atoms with E-state index in [1.807, 2.05) is 26.0 Å². The van der Waals surface area contributed by atoms with Crippen molar-refractivity contribution in [2.24, 2.45) is 11.8 Å². The molecule has 178 valence electrons. The molecule has 1 aromatic carbocycles. The highest BCUT2D eigenvalue weighted by Gasteiger charge is 2.33. The molecule has 2 unspecified atom stereocenters. The van der Waals surface area contributed by atoms with Gasteiger partial charge in [-0.25, -0.2) is 9.97 Å². The summed E-state index contributed by atoms with van der Waals surface area (Å²) in [7, 11) is 0. The molecule has 1 aliphatic carbocycles. The number of ether oxygens (including phenoxy) is 1. The Bertz CT molecular complexity index is 1260. The van der Waals surface area contributed by atoms with E-state index in [9.17, 15) is 9.59 Å². The second kappa shape index (κ2) is 8.74. The lowest BCUT2D eigenvalue weighted by molar-refractivity contribution is -0.127. The predicted molar refractivity (Wildman–Crippen MR) is 130 cm³/mol. The highest BCUT2D eigenvalue weighted by Crippen LogP contribution is 2.37. The van der Waals surface area contributed by atoms with E-state index >= 15 is 0 Å². The van der Waals surface area contributed by atoms with Gasteiger partial charge in [-0.2, -0.15) is 0 Å². The first kappa shape index (κ1) is 22.4. The molecule has 1 saturated heterocycles. The summed E-state index contributed by atoms with van der Waals surface area (Å²) in [4.78, 5) is 39.3. The highest BCUT2D eigenvalue weighted by atomic mass is 16.5. The number of hydrogen-bond acceptors (Lipinski definition) is 5. The number of carbonyl (C=O) groups excluding carboxylic acids is 2. The number of carbonyl (C=O) groups is 2. The monoisotopic (exact) mass is 461 g/mol. The van der Waals surface area contributed by atoms with E-state index in [0.29, 0.717) is 36.7 Å². The van der Waals surface area contributed by atoms with Crippen LogP contribution in [0, 0.1) is 25.7 Å². The SMILES string of the molecule is CC(=O)N1CC(C)C(NC(=O)c2c(C)[nH]c3c(-c4cc(C)ccc4OCC4CC4)ncnc23)C1. The van der Waals surface area contributed by atoms with E-state index in [4.69, 9.17) is 4.74 Å². The lowest BCUT2D eigenvalue weighted by Crippen LogP contribution is -2.40. The van der Waals surface area contributed by atoms with Gasteiger partial charge in [0.05, 0.1) is 23.7 Å². The lowest BCUT2D eigenvalue weighted by atomic mass is 10.0. The number of aromatic nitrogens is 3. The van der Waals surface area contributed by atoms with Crippen molar-refractivity contribution in [1.82, 2.24) is 25.2 Å². The molecular weight excluding hydrogens is 430 g/mol. The average molecular weight is 462 g/mol. The van der Waals surface area contributed by atoms with E-state index in [1.54, 1.807) is 11.8 Å². The maximum Gasteiger partial charge on any atom is 0.255 e. The van der Waals surface area contributed by atoms with Crippen LogP contribution < -0.4 is 10.1 Å². The number of hydrogen-bond donors (Lipinski definition) is 2. The summed E-state index contributed by atoms with van der Waals surface area (Å²) in [6, 6.07) is 6.00. The van der Waals surface area contributed by atoms with Crippen molar-refractivity contribution in [3.63, 3.8) is 0 Å². The summed E-state index contributed by atoms with van der Waals surface area (Å²) in [6.45, 7) is 9.41. The van der Waals surface area contributed by atoms with Crippen LogP contribution in [0.1, 0.15) is 48.3 Å². The van der Waals surface area contributed by atoms with Gasteiger partial charge < -0.3 is 19.9 Å². The summed E-state index contributed by atoms with van der Waals surface area (Å²) in [5, 5.41) is 3.13. The molecule has 2 aromatic heterocycles. The van der Waals surface area contributed by atoms with Gasteiger partial charge in [0, 0.05) is 31.3 Å². The smallest absolute Gasteiger partial charge is 0.255 e. The van der Waals surface area contributed by atoms with Crippen LogP contribution in [0.3, 0.4) is 0 Å². The molecule has 2 amide bonds. The van der Waals surface area contributed by atoms with Crippen LogP contribution in [0.5, 0.6) is 5.75 Å². The number of aromatic amines is 1. The number of benzene rings is 1. The number of rotatable bonds is 6. The van der Waals surface area contributed by atoms with Gasteiger partial charge in [-0.05, 0) is 50.7 Å². The van der Waals surface area contributed by atoms with E-state index in [0.717, 1.165) is 33.8 Å². The fourth-order valence-corrected chi connectivity index (χ4v) is 4.70. The summed E-state index contributed by atoms with van der Waals surface area (Å²) in [5.41, 5.74) is 5.27. The minimum absolute atomic E-state index is 0.0297. The van der Waals surface area contributed by atoms with Crippen LogP contribution in [-0.2, 0) is 4.79 Å². The normalized spacial score (nSPS) is 20.1. The van der Waals surface area contributed by atoms with Crippen molar-refractivity contribution < 1.29 is 14.3 Å². The first-order chi connectivity index (χ1) is 16.3. The number of fused-ring (bicyclic) bond motifs is 1. The summed E-state index contributed by atoms with van der Waals surface area (Å²) >= 11 is 0. The van der Waals surface area contributed by atoms with Gasteiger partial charge in [0.25, 0.3) is 5.91 Å². The number of nitrogens with one attached hydrogen (secondary N) is 2. The van der Waals surface area contributed by atoms with E-state index < -0.39 is 0 Å². The van der Waals surface area contributed by atoms with Gasteiger partial charge in [-0.3, -0.25) is 9.59 Å². The quantitative estimate of drug-likeness (QED) is 0.584. The van der Waals surface area contributed by atoms with Crippen molar-refractivity contribution in [3.05, 3.63) is 41.3 Å². The Balaban J connectivity index is 1.48. The van der Waals surface area contributed by atoms with Gasteiger partial charge in [0.1, 0.15) is 23.3 Å². The molecule has 8 heteroatoms. The third-order valence-electron chi connectivity index (χ3n) is 6.93. The van der Waals surface area contributed by atoms with Crippen LogP contribution in [-0.4, -0.2) is 57.4 Å². The Hall–Kier alpha value is -3.42. The first-order valence-corrected chi connectivity index (χ1v) is 11.9. The Morgan fingerprint density at radius 1 is 1.21 bits per heavy atom. The minimum atomic E-state index is -0.190. The Morgan fingerprint density at radius 2 is 2.00 bits per heavy atom. The molecule has 2 fully saturated rings. The van der Waals surface area contributed by atoms with Gasteiger partial charge in [-0.1, -0.05) is 18.6 Å². The zero-order chi connectivity index (χ0) is 24.0. The van der Waals surface area contributed by atoms with E-state index in [1.165, 1.54) is 19.2 Å². The van der Waals surface area contributed by atoms with Gasteiger partial charge >= 0.3 is 0 Å². The third kappa shape index (κ3) is 4.24. The fraction of sp³-hybridized carbons (Fsp3) is 0.462. The molecule has 1 aliphatic heterocycles. The minimum Gasteiger partial charge on any atom is -0.493 e. The van der Waals surface area contributed by atoms with Gasteiger partial charge in [0.15, 0.2) is 0 Å². The number of likely N-dealkylation sites (tertiary alicyclic amines) is 1. The third-order valence-corrected chi connectivity index (χ3v) is 6.93. The van der Waals surface area contributed by atoms with Crippen LogP contribution in [0.15, 0.2) is 24.5 Å². The zero-order valence-corrected chi connectivity index (χ0v) is 20.1. The molecule has 0 spiro atoms. The molecule has 5 rings (SSSR count). The molecule has 0 radical (unpaired) electrons. The summed E-state index contributed by atoms with van der Waals surface area (Å²) < 4.78 is 6.15. The molecule has 1 saturated carbocycles.